The standard InChI is InChI=1S/C18H23NO2/c1-2-3-6-14-9-11-15(12-10-14)21-13-18(20)16-7-4-5-8-17(16)19/h4-5,7-12,18,20H,2-3,6,13,19H2,1H3. The zero-order valence-electron chi connectivity index (χ0n) is 12.5. The van der Waals surface area contributed by atoms with E-state index < -0.39 is 6.10 Å². The van der Waals surface area contributed by atoms with Crippen LogP contribution in [0.2, 0.25) is 0 Å². The molecule has 0 aromatic heterocycles. The maximum Gasteiger partial charge on any atom is 0.119 e. The van der Waals surface area contributed by atoms with Gasteiger partial charge in [0.25, 0.3) is 0 Å². The van der Waals surface area contributed by atoms with Crippen LogP contribution in [0.4, 0.5) is 5.69 Å². The Labute approximate surface area is 126 Å². The van der Waals surface area contributed by atoms with E-state index in [2.05, 4.69) is 19.1 Å². The molecule has 1 atom stereocenters. The zero-order chi connectivity index (χ0) is 15.1. The highest BCUT2D eigenvalue weighted by Crippen LogP contribution is 2.21. The van der Waals surface area contributed by atoms with Crippen molar-refractivity contribution in [2.24, 2.45) is 0 Å². The van der Waals surface area contributed by atoms with Crippen molar-refractivity contribution in [1.82, 2.24) is 0 Å². The molecular formula is C18H23NO2. The Kier molecular flexibility index (Phi) is 5.64. The maximum atomic E-state index is 10.1. The van der Waals surface area contributed by atoms with E-state index in [1.54, 1.807) is 6.07 Å². The molecule has 112 valence electrons. The average Bonchev–Trinajstić information content (AvgIpc) is 2.52. The lowest BCUT2D eigenvalue weighted by Crippen LogP contribution is -2.11. The number of aryl methyl sites for hydroxylation is 1. The minimum atomic E-state index is -0.717. The smallest absolute Gasteiger partial charge is 0.119 e. The Morgan fingerprint density at radius 2 is 1.81 bits per heavy atom. The van der Waals surface area contributed by atoms with Gasteiger partial charge >= 0.3 is 0 Å². The lowest BCUT2D eigenvalue weighted by Gasteiger charge is -2.14. The first kappa shape index (κ1) is 15.4. The Balaban J connectivity index is 1.89. The molecule has 3 nitrogen and oxygen atoms in total. The van der Waals surface area contributed by atoms with Crippen LogP contribution in [0, 0.1) is 0 Å². The second kappa shape index (κ2) is 7.70. The quantitative estimate of drug-likeness (QED) is 0.762. The molecule has 0 radical (unpaired) electrons. The van der Waals surface area contributed by atoms with Gasteiger partial charge in [-0.15, -0.1) is 0 Å². The molecule has 0 bridgehead atoms. The molecule has 0 spiro atoms. The van der Waals surface area contributed by atoms with E-state index in [1.165, 1.54) is 18.4 Å². The topological polar surface area (TPSA) is 55.5 Å². The van der Waals surface area contributed by atoms with Crippen LogP contribution in [0.25, 0.3) is 0 Å². The molecule has 0 amide bonds. The third kappa shape index (κ3) is 4.50. The molecule has 0 fully saturated rings. The summed E-state index contributed by atoms with van der Waals surface area (Å²) in [5.41, 5.74) is 8.45. The van der Waals surface area contributed by atoms with Crippen LogP contribution in [0.15, 0.2) is 48.5 Å². The molecule has 0 heterocycles. The summed E-state index contributed by atoms with van der Waals surface area (Å²) in [5, 5.41) is 10.1. The molecule has 2 aromatic carbocycles. The van der Waals surface area contributed by atoms with E-state index in [4.69, 9.17) is 10.5 Å². The molecule has 0 aliphatic carbocycles. The zero-order valence-corrected chi connectivity index (χ0v) is 12.5. The van der Waals surface area contributed by atoms with Gasteiger partial charge in [-0.3, -0.25) is 0 Å². The highest BCUT2D eigenvalue weighted by molar-refractivity contribution is 5.47. The van der Waals surface area contributed by atoms with Gasteiger partial charge < -0.3 is 15.6 Å². The number of hydrogen-bond donors (Lipinski definition) is 2. The van der Waals surface area contributed by atoms with Gasteiger partial charge in [0, 0.05) is 11.3 Å². The van der Waals surface area contributed by atoms with Crippen LogP contribution in [0.3, 0.4) is 0 Å². The lowest BCUT2D eigenvalue weighted by atomic mass is 10.1. The average molecular weight is 285 g/mol. The van der Waals surface area contributed by atoms with Gasteiger partial charge in [0.05, 0.1) is 0 Å². The van der Waals surface area contributed by atoms with Crippen molar-refractivity contribution < 1.29 is 9.84 Å². The van der Waals surface area contributed by atoms with Crippen molar-refractivity contribution in [3.63, 3.8) is 0 Å². The molecule has 2 aromatic rings. The molecule has 3 heteroatoms. The van der Waals surface area contributed by atoms with E-state index in [1.807, 2.05) is 30.3 Å². The molecule has 0 saturated carbocycles. The summed E-state index contributed by atoms with van der Waals surface area (Å²) in [6, 6.07) is 15.4. The summed E-state index contributed by atoms with van der Waals surface area (Å²) in [4.78, 5) is 0. The van der Waals surface area contributed by atoms with E-state index in [-0.39, 0.29) is 6.61 Å². The Morgan fingerprint density at radius 3 is 2.48 bits per heavy atom. The number of para-hydroxylation sites is 1. The van der Waals surface area contributed by atoms with Gasteiger partial charge in [-0.25, -0.2) is 0 Å². The van der Waals surface area contributed by atoms with Crippen molar-refractivity contribution >= 4 is 5.69 Å². The van der Waals surface area contributed by atoms with Crippen molar-refractivity contribution in [3.8, 4) is 5.75 Å². The summed E-state index contributed by atoms with van der Waals surface area (Å²) >= 11 is 0. The first-order valence-electron chi connectivity index (χ1n) is 7.45. The van der Waals surface area contributed by atoms with Crippen molar-refractivity contribution in [3.05, 3.63) is 59.7 Å². The number of aliphatic hydroxyl groups is 1. The predicted molar refractivity (Wildman–Crippen MR) is 86.4 cm³/mol. The molecule has 21 heavy (non-hydrogen) atoms. The van der Waals surface area contributed by atoms with Crippen LogP contribution in [0.5, 0.6) is 5.75 Å². The van der Waals surface area contributed by atoms with E-state index in [0.717, 1.165) is 12.2 Å². The largest absolute Gasteiger partial charge is 0.491 e. The third-order valence-corrected chi connectivity index (χ3v) is 3.51. The summed E-state index contributed by atoms with van der Waals surface area (Å²) in [5.74, 6) is 0.767. The Hall–Kier alpha value is -2.00. The molecule has 1 unspecified atom stereocenters. The van der Waals surface area contributed by atoms with E-state index >= 15 is 0 Å². The monoisotopic (exact) mass is 285 g/mol. The van der Waals surface area contributed by atoms with Crippen molar-refractivity contribution in [1.29, 1.82) is 0 Å². The molecule has 0 saturated heterocycles. The first-order chi connectivity index (χ1) is 10.2. The van der Waals surface area contributed by atoms with E-state index in [0.29, 0.717) is 11.3 Å². The van der Waals surface area contributed by atoms with Crippen LogP contribution >= 0.6 is 0 Å². The molecule has 3 N–H and O–H groups in total. The van der Waals surface area contributed by atoms with Gasteiger partial charge in [0.2, 0.25) is 0 Å². The number of anilines is 1. The summed E-state index contributed by atoms with van der Waals surface area (Å²) in [6.45, 7) is 2.39. The van der Waals surface area contributed by atoms with Crippen molar-refractivity contribution in [2.75, 3.05) is 12.3 Å². The number of benzene rings is 2. The molecule has 0 aliphatic heterocycles. The number of unbranched alkanes of at least 4 members (excludes halogenated alkanes) is 1. The highest BCUT2D eigenvalue weighted by Gasteiger charge is 2.11. The fourth-order valence-electron chi connectivity index (χ4n) is 2.21. The normalized spacial score (nSPS) is 12.1. The first-order valence-corrected chi connectivity index (χ1v) is 7.45. The number of nitrogens with two attached hydrogens (primary N) is 1. The molecule has 0 aliphatic rings. The summed E-state index contributed by atoms with van der Waals surface area (Å²) in [6.07, 6.45) is 2.78. The summed E-state index contributed by atoms with van der Waals surface area (Å²) < 4.78 is 5.63. The maximum absolute atomic E-state index is 10.1. The SMILES string of the molecule is CCCCc1ccc(OCC(O)c2ccccc2N)cc1. The fourth-order valence-corrected chi connectivity index (χ4v) is 2.21. The summed E-state index contributed by atoms with van der Waals surface area (Å²) in [7, 11) is 0. The van der Waals surface area contributed by atoms with Crippen LogP contribution in [-0.4, -0.2) is 11.7 Å². The van der Waals surface area contributed by atoms with Gasteiger partial charge in [-0.05, 0) is 36.6 Å². The van der Waals surface area contributed by atoms with Crippen LogP contribution in [0.1, 0.15) is 37.0 Å². The number of nitrogen functional groups attached to an aromatic ring is 1. The van der Waals surface area contributed by atoms with Gasteiger partial charge in [-0.2, -0.15) is 0 Å². The lowest BCUT2D eigenvalue weighted by molar-refractivity contribution is 0.109. The molecule has 2 rings (SSSR count). The number of hydrogen-bond acceptors (Lipinski definition) is 3. The number of rotatable bonds is 7. The Morgan fingerprint density at radius 1 is 1.10 bits per heavy atom. The molecular weight excluding hydrogens is 262 g/mol. The predicted octanol–water partition coefficient (Wildman–Crippen LogP) is 3.72. The minimum Gasteiger partial charge on any atom is -0.491 e. The second-order valence-electron chi connectivity index (χ2n) is 5.20. The highest BCUT2D eigenvalue weighted by atomic mass is 16.5. The number of ether oxygens (including phenoxy) is 1. The Bertz CT molecular complexity index is 551. The number of aliphatic hydroxyl groups excluding tert-OH is 1. The van der Waals surface area contributed by atoms with E-state index in [9.17, 15) is 5.11 Å². The van der Waals surface area contributed by atoms with Gasteiger partial charge in [0.15, 0.2) is 0 Å². The van der Waals surface area contributed by atoms with Crippen LogP contribution < -0.4 is 10.5 Å². The minimum absolute atomic E-state index is 0.197. The fraction of sp³-hybridized carbons (Fsp3) is 0.333. The second-order valence-corrected chi connectivity index (χ2v) is 5.20. The van der Waals surface area contributed by atoms with Gasteiger partial charge in [-0.1, -0.05) is 43.7 Å². The van der Waals surface area contributed by atoms with Crippen molar-refractivity contribution in [2.45, 2.75) is 32.3 Å². The van der Waals surface area contributed by atoms with Crippen LogP contribution in [-0.2, 0) is 6.42 Å². The third-order valence-electron chi connectivity index (χ3n) is 3.51. The van der Waals surface area contributed by atoms with Gasteiger partial charge in [0.1, 0.15) is 18.5 Å².